The molecule has 0 aromatic rings. The highest BCUT2D eigenvalue weighted by Crippen LogP contribution is 2.25. The Labute approximate surface area is 122 Å². The molecule has 1 heterocycles. The summed E-state index contributed by atoms with van der Waals surface area (Å²) in [5, 5.41) is 11.9. The number of nitrogens with one attached hydrogen (secondary N) is 1. The minimum Gasteiger partial charge on any atom is -0.353 e. The lowest BCUT2D eigenvalue weighted by molar-refractivity contribution is -0.127. The van der Waals surface area contributed by atoms with Crippen LogP contribution in [0.25, 0.3) is 0 Å². The lowest BCUT2D eigenvalue weighted by Crippen LogP contribution is -2.46. The van der Waals surface area contributed by atoms with Crippen LogP contribution in [0.4, 0.5) is 0 Å². The molecule has 4 nitrogen and oxygen atoms in total. The van der Waals surface area contributed by atoms with E-state index in [0.717, 1.165) is 38.9 Å². The van der Waals surface area contributed by atoms with Crippen molar-refractivity contribution in [2.75, 3.05) is 19.6 Å². The van der Waals surface area contributed by atoms with Crippen LogP contribution in [0.3, 0.4) is 0 Å². The number of likely N-dealkylation sites (tertiary alicyclic amines) is 1. The van der Waals surface area contributed by atoms with E-state index in [4.69, 9.17) is 5.26 Å². The van der Waals surface area contributed by atoms with Gasteiger partial charge < -0.3 is 10.2 Å². The quantitative estimate of drug-likeness (QED) is 0.858. The Morgan fingerprint density at radius 3 is 2.60 bits per heavy atom. The van der Waals surface area contributed by atoms with E-state index in [2.05, 4.69) is 23.2 Å². The maximum Gasteiger partial charge on any atom is 0.223 e. The van der Waals surface area contributed by atoms with Crippen molar-refractivity contribution in [3.8, 4) is 6.07 Å². The molecule has 0 radical (unpaired) electrons. The van der Waals surface area contributed by atoms with Crippen molar-refractivity contribution in [2.24, 2.45) is 11.8 Å². The third kappa shape index (κ3) is 4.21. The smallest absolute Gasteiger partial charge is 0.223 e. The molecular formula is C16H27N3O. The number of nitriles is 1. The van der Waals surface area contributed by atoms with Gasteiger partial charge in [0.05, 0.1) is 6.07 Å². The summed E-state index contributed by atoms with van der Waals surface area (Å²) in [6.07, 6.45) is 7.44. The Morgan fingerprint density at radius 1 is 1.25 bits per heavy atom. The molecule has 4 heteroatoms. The topological polar surface area (TPSA) is 56.1 Å². The zero-order valence-electron chi connectivity index (χ0n) is 12.6. The summed E-state index contributed by atoms with van der Waals surface area (Å²) in [6.45, 7) is 5.03. The minimum atomic E-state index is 0.183. The first-order valence-electron chi connectivity index (χ1n) is 8.10. The molecular weight excluding hydrogens is 250 g/mol. The average Bonchev–Trinajstić information content (AvgIpc) is 2.48. The monoisotopic (exact) mass is 277 g/mol. The minimum absolute atomic E-state index is 0.183. The van der Waals surface area contributed by atoms with Crippen LogP contribution in [0.1, 0.15) is 51.9 Å². The van der Waals surface area contributed by atoms with Crippen LogP contribution in [0.2, 0.25) is 0 Å². The molecule has 2 fully saturated rings. The van der Waals surface area contributed by atoms with Crippen molar-refractivity contribution in [1.82, 2.24) is 10.2 Å². The number of amides is 1. The van der Waals surface area contributed by atoms with E-state index in [1.807, 2.05) is 0 Å². The van der Waals surface area contributed by atoms with Gasteiger partial charge in [-0.05, 0) is 44.7 Å². The van der Waals surface area contributed by atoms with Crippen molar-refractivity contribution in [3.05, 3.63) is 0 Å². The summed E-state index contributed by atoms with van der Waals surface area (Å²) in [6, 6.07) is 2.58. The first-order valence-corrected chi connectivity index (χ1v) is 8.10. The van der Waals surface area contributed by atoms with Gasteiger partial charge in [0.2, 0.25) is 5.91 Å². The van der Waals surface area contributed by atoms with Crippen LogP contribution in [-0.4, -0.2) is 36.5 Å². The summed E-state index contributed by atoms with van der Waals surface area (Å²) < 4.78 is 0. The van der Waals surface area contributed by atoms with Crippen LogP contribution in [0.15, 0.2) is 0 Å². The van der Waals surface area contributed by atoms with Gasteiger partial charge in [-0.2, -0.15) is 5.26 Å². The van der Waals surface area contributed by atoms with Crippen LogP contribution in [-0.2, 0) is 4.79 Å². The van der Waals surface area contributed by atoms with Crippen molar-refractivity contribution >= 4 is 5.91 Å². The third-order valence-corrected chi connectivity index (χ3v) is 4.94. The first-order chi connectivity index (χ1) is 9.70. The van der Waals surface area contributed by atoms with Gasteiger partial charge in [0.25, 0.3) is 0 Å². The van der Waals surface area contributed by atoms with E-state index in [-0.39, 0.29) is 11.8 Å². The number of nitrogens with zero attached hydrogens (tertiary/aromatic N) is 2. The van der Waals surface area contributed by atoms with Crippen LogP contribution >= 0.6 is 0 Å². The second kappa shape index (κ2) is 7.64. The Hall–Kier alpha value is -1.08. The molecule has 1 saturated heterocycles. The van der Waals surface area contributed by atoms with E-state index in [9.17, 15) is 4.79 Å². The Balaban J connectivity index is 1.73. The normalized spacial score (nSPS) is 28.8. The standard InChI is InChI=1S/C16H27N3O/c1-13-5-2-3-6-15(13)18-16(20)14-7-11-19(12-8-14)10-4-9-17/h13-15H,2-8,10-12H2,1H3,(H,18,20). The molecule has 0 spiro atoms. The van der Waals surface area contributed by atoms with Gasteiger partial charge >= 0.3 is 0 Å². The fraction of sp³-hybridized carbons (Fsp3) is 0.875. The zero-order valence-corrected chi connectivity index (χ0v) is 12.6. The second-order valence-corrected chi connectivity index (χ2v) is 6.40. The molecule has 2 atom stereocenters. The molecule has 2 aliphatic rings. The van der Waals surface area contributed by atoms with Crippen LogP contribution in [0, 0.1) is 23.2 Å². The van der Waals surface area contributed by atoms with Gasteiger partial charge in [-0.3, -0.25) is 4.79 Å². The highest BCUT2D eigenvalue weighted by Gasteiger charge is 2.28. The van der Waals surface area contributed by atoms with Gasteiger partial charge in [0.1, 0.15) is 0 Å². The number of piperidine rings is 1. The molecule has 0 bridgehead atoms. The van der Waals surface area contributed by atoms with Crippen molar-refractivity contribution < 1.29 is 4.79 Å². The van der Waals surface area contributed by atoms with Gasteiger partial charge in [-0.1, -0.05) is 19.8 Å². The molecule has 0 aromatic carbocycles. The molecule has 1 saturated carbocycles. The van der Waals surface area contributed by atoms with E-state index >= 15 is 0 Å². The average molecular weight is 277 g/mol. The van der Waals surface area contributed by atoms with Gasteiger partial charge in [-0.15, -0.1) is 0 Å². The number of carbonyl (C=O) groups is 1. The maximum atomic E-state index is 12.4. The predicted molar refractivity (Wildman–Crippen MR) is 79.0 cm³/mol. The lowest BCUT2D eigenvalue weighted by Gasteiger charge is -2.34. The van der Waals surface area contributed by atoms with E-state index in [0.29, 0.717) is 18.4 Å². The van der Waals surface area contributed by atoms with Crippen molar-refractivity contribution in [1.29, 1.82) is 5.26 Å². The molecule has 112 valence electrons. The fourth-order valence-electron chi connectivity index (χ4n) is 3.46. The Morgan fingerprint density at radius 2 is 1.95 bits per heavy atom. The Kier molecular flexibility index (Phi) is 5.85. The fourth-order valence-corrected chi connectivity index (χ4v) is 3.46. The molecule has 20 heavy (non-hydrogen) atoms. The maximum absolute atomic E-state index is 12.4. The summed E-state index contributed by atoms with van der Waals surface area (Å²) in [7, 11) is 0. The molecule has 1 N–H and O–H groups in total. The summed E-state index contributed by atoms with van der Waals surface area (Å²) in [5.74, 6) is 1.08. The van der Waals surface area contributed by atoms with Gasteiger partial charge in [-0.25, -0.2) is 0 Å². The van der Waals surface area contributed by atoms with Crippen LogP contribution < -0.4 is 5.32 Å². The highest BCUT2D eigenvalue weighted by atomic mass is 16.1. The summed E-state index contributed by atoms with van der Waals surface area (Å²) in [5.41, 5.74) is 0. The number of hydrogen-bond acceptors (Lipinski definition) is 3. The van der Waals surface area contributed by atoms with Gasteiger partial charge in [0.15, 0.2) is 0 Å². The lowest BCUT2D eigenvalue weighted by atomic mass is 9.85. The van der Waals surface area contributed by atoms with Crippen molar-refractivity contribution in [2.45, 2.75) is 57.9 Å². The van der Waals surface area contributed by atoms with Crippen LogP contribution in [0.5, 0.6) is 0 Å². The third-order valence-electron chi connectivity index (χ3n) is 4.94. The molecule has 1 aliphatic heterocycles. The number of carbonyl (C=O) groups excluding carboxylic acids is 1. The first kappa shape index (κ1) is 15.3. The summed E-state index contributed by atoms with van der Waals surface area (Å²) in [4.78, 5) is 14.7. The Bertz CT molecular complexity index is 355. The zero-order chi connectivity index (χ0) is 14.4. The highest BCUT2D eigenvalue weighted by molar-refractivity contribution is 5.79. The van der Waals surface area contributed by atoms with E-state index < -0.39 is 0 Å². The summed E-state index contributed by atoms with van der Waals surface area (Å²) >= 11 is 0. The van der Waals surface area contributed by atoms with E-state index in [1.54, 1.807) is 0 Å². The molecule has 2 unspecified atom stereocenters. The number of hydrogen-bond donors (Lipinski definition) is 1. The van der Waals surface area contributed by atoms with E-state index in [1.165, 1.54) is 19.3 Å². The van der Waals surface area contributed by atoms with Crippen molar-refractivity contribution in [3.63, 3.8) is 0 Å². The number of rotatable bonds is 4. The molecule has 1 aliphatic carbocycles. The SMILES string of the molecule is CC1CCCCC1NC(=O)C1CCN(CCC#N)CC1. The largest absolute Gasteiger partial charge is 0.353 e. The predicted octanol–water partition coefficient (Wildman–Crippen LogP) is 2.31. The second-order valence-electron chi connectivity index (χ2n) is 6.40. The van der Waals surface area contributed by atoms with Gasteiger partial charge in [0, 0.05) is 24.9 Å². The molecule has 0 aromatic heterocycles. The molecule has 1 amide bonds. The molecule has 2 rings (SSSR count).